The normalized spacial score (nSPS) is 31.8. The van der Waals surface area contributed by atoms with Crippen LogP contribution in [-0.2, 0) is 0 Å². The number of likely N-dealkylation sites (tertiary alicyclic amines) is 1. The van der Waals surface area contributed by atoms with E-state index >= 15 is 0 Å². The molecule has 0 radical (unpaired) electrons. The van der Waals surface area contributed by atoms with Crippen LogP contribution in [-0.4, -0.2) is 40.0 Å². The number of carbonyl (C=O) groups excluding carboxylic acids is 1. The van der Waals surface area contributed by atoms with Crippen molar-refractivity contribution < 1.29 is 4.79 Å². The van der Waals surface area contributed by atoms with Crippen LogP contribution >= 0.6 is 0 Å². The zero-order chi connectivity index (χ0) is 15.6. The summed E-state index contributed by atoms with van der Waals surface area (Å²) in [6, 6.07) is 0.536. The van der Waals surface area contributed by atoms with Crippen LogP contribution in [0.5, 0.6) is 0 Å². The number of nitrogens with zero attached hydrogens (tertiary/aromatic N) is 2. The fourth-order valence-electron chi connectivity index (χ4n) is 4.51. The van der Waals surface area contributed by atoms with E-state index in [-0.39, 0.29) is 6.03 Å². The first-order chi connectivity index (χ1) is 11.3. The van der Waals surface area contributed by atoms with Gasteiger partial charge in [-0.2, -0.15) is 0 Å². The van der Waals surface area contributed by atoms with Gasteiger partial charge in [0.05, 0.1) is 0 Å². The van der Waals surface area contributed by atoms with Crippen LogP contribution in [0.1, 0.15) is 63.1 Å². The molecule has 2 N–H and O–H groups in total. The second-order valence-corrected chi connectivity index (χ2v) is 7.67. The van der Waals surface area contributed by atoms with Crippen LogP contribution < -0.4 is 5.32 Å². The van der Waals surface area contributed by atoms with E-state index < -0.39 is 0 Å². The average molecular weight is 316 g/mol. The summed E-state index contributed by atoms with van der Waals surface area (Å²) in [6.45, 7) is 1.67. The molecule has 2 saturated carbocycles. The van der Waals surface area contributed by atoms with Gasteiger partial charge in [0.15, 0.2) is 0 Å². The first kappa shape index (κ1) is 15.0. The van der Waals surface area contributed by atoms with Gasteiger partial charge < -0.3 is 15.2 Å². The Kier molecular flexibility index (Phi) is 4.27. The van der Waals surface area contributed by atoms with Crippen LogP contribution in [0, 0.1) is 11.8 Å². The number of imidazole rings is 1. The highest BCUT2D eigenvalue weighted by Gasteiger charge is 2.35. The van der Waals surface area contributed by atoms with Gasteiger partial charge in [0, 0.05) is 37.4 Å². The Balaban J connectivity index is 1.31. The SMILES string of the molecule is O=C(N[C@@H]1CCC[C@H](C2CC2)C1)N1CCC[C@H](c2ncc[nH]2)C1. The number of carbonyl (C=O) groups is 1. The molecule has 126 valence electrons. The summed E-state index contributed by atoms with van der Waals surface area (Å²) in [7, 11) is 0. The monoisotopic (exact) mass is 316 g/mol. The lowest BCUT2D eigenvalue weighted by atomic mass is 9.83. The number of nitrogens with one attached hydrogen (secondary N) is 2. The lowest BCUT2D eigenvalue weighted by molar-refractivity contribution is 0.166. The molecule has 2 heterocycles. The molecule has 1 aliphatic heterocycles. The van der Waals surface area contributed by atoms with E-state index in [2.05, 4.69) is 15.3 Å². The number of aromatic nitrogens is 2. The van der Waals surface area contributed by atoms with E-state index in [4.69, 9.17) is 0 Å². The topological polar surface area (TPSA) is 61.0 Å². The zero-order valence-corrected chi connectivity index (χ0v) is 13.8. The highest BCUT2D eigenvalue weighted by Crippen LogP contribution is 2.43. The quantitative estimate of drug-likeness (QED) is 0.899. The molecule has 0 spiro atoms. The third-order valence-electron chi connectivity index (χ3n) is 5.95. The lowest BCUT2D eigenvalue weighted by Crippen LogP contribution is -2.49. The van der Waals surface area contributed by atoms with Crippen LogP contribution in [0.2, 0.25) is 0 Å². The molecule has 3 fully saturated rings. The Morgan fingerprint density at radius 2 is 2.09 bits per heavy atom. The predicted octanol–water partition coefficient (Wildman–Crippen LogP) is 3.27. The summed E-state index contributed by atoms with van der Waals surface area (Å²) in [6.07, 6.45) is 13.7. The van der Waals surface area contributed by atoms with Gasteiger partial charge in [-0.15, -0.1) is 0 Å². The molecule has 1 saturated heterocycles. The van der Waals surface area contributed by atoms with E-state index in [0.717, 1.165) is 50.0 Å². The number of urea groups is 1. The summed E-state index contributed by atoms with van der Waals surface area (Å²) in [5.74, 6) is 3.21. The fourth-order valence-corrected chi connectivity index (χ4v) is 4.51. The smallest absolute Gasteiger partial charge is 0.317 e. The minimum absolute atomic E-state index is 0.141. The number of amides is 2. The van der Waals surface area contributed by atoms with Crippen LogP contribution in [0.15, 0.2) is 12.4 Å². The minimum atomic E-state index is 0.141. The van der Waals surface area contributed by atoms with Crippen LogP contribution in [0.4, 0.5) is 4.79 Å². The lowest BCUT2D eigenvalue weighted by Gasteiger charge is -2.35. The van der Waals surface area contributed by atoms with E-state index in [1.165, 1.54) is 32.1 Å². The fraction of sp³-hybridized carbons (Fsp3) is 0.778. The maximum absolute atomic E-state index is 12.7. The Bertz CT molecular complexity index is 525. The van der Waals surface area contributed by atoms with Crippen molar-refractivity contribution >= 4 is 6.03 Å². The molecule has 0 bridgehead atoms. The van der Waals surface area contributed by atoms with E-state index in [9.17, 15) is 4.79 Å². The van der Waals surface area contributed by atoms with Gasteiger partial charge in [-0.05, 0) is 50.4 Å². The largest absolute Gasteiger partial charge is 0.348 e. The Morgan fingerprint density at radius 1 is 1.17 bits per heavy atom. The van der Waals surface area contributed by atoms with E-state index in [1.54, 1.807) is 6.20 Å². The molecule has 2 amide bonds. The zero-order valence-electron chi connectivity index (χ0n) is 13.8. The first-order valence-electron chi connectivity index (χ1n) is 9.34. The Labute approximate surface area is 138 Å². The van der Waals surface area contributed by atoms with Crippen molar-refractivity contribution in [3.8, 4) is 0 Å². The van der Waals surface area contributed by atoms with E-state index in [0.29, 0.717) is 12.0 Å². The number of rotatable bonds is 3. The van der Waals surface area contributed by atoms with Gasteiger partial charge >= 0.3 is 6.03 Å². The molecule has 5 nitrogen and oxygen atoms in total. The number of aromatic amines is 1. The molecule has 23 heavy (non-hydrogen) atoms. The third kappa shape index (κ3) is 3.54. The molecule has 3 atom stereocenters. The number of H-pyrrole nitrogens is 1. The average Bonchev–Trinajstić information content (AvgIpc) is 3.30. The minimum Gasteiger partial charge on any atom is -0.348 e. The maximum Gasteiger partial charge on any atom is 0.317 e. The highest BCUT2D eigenvalue weighted by molar-refractivity contribution is 5.74. The summed E-state index contributed by atoms with van der Waals surface area (Å²) < 4.78 is 0. The van der Waals surface area contributed by atoms with Gasteiger partial charge in [0.2, 0.25) is 0 Å². The van der Waals surface area contributed by atoms with Crippen LogP contribution in [0.3, 0.4) is 0 Å². The number of piperidine rings is 1. The summed E-state index contributed by atoms with van der Waals surface area (Å²) in [5, 5.41) is 3.32. The summed E-state index contributed by atoms with van der Waals surface area (Å²) in [4.78, 5) is 22.2. The number of hydrogen-bond donors (Lipinski definition) is 2. The molecule has 0 aromatic carbocycles. The molecule has 1 aromatic heterocycles. The van der Waals surface area contributed by atoms with Crippen LogP contribution in [0.25, 0.3) is 0 Å². The molecular formula is C18H28N4O. The second kappa shape index (κ2) is 6.54. The molecule has 1 aromatic rings. The molecular weight excluding hydrogens is 288 g/mol. The molecule has 0 unspecified atom stereocenters. The Hall–Kier alpha value is -1.52. The van der Waals surface area contributed by atoms with Gasteiger partial charge in [-0.1, -0.05) is 12.8 Å². The third-order valence-corrected chi connectivity index (χ3v) is 5.95. The maximum atomic E-state index is 12.7. The highest BCUT2D eigenvalue weighted by atomic mass is 16.2. The molecule has 4 rings (SSSR count). The second-order valence-electron chi connectivity index (χ2n) is 7.67. The van der Waals surface area contributed by atoms with Crippen molar-refractivity contribution in [2.75, 3.05) is 13.1 Å². The van der Waals surface area contributed by atoms with E-state index in [1.807, 2.05) is 11.1 Å². The summed E-state index contributed by atoms with van der Waals surface area (Å²) in [5.41, 5.74) is 0. The first-order valence-corrected chi connectivity index (χ1v) is 9.34. The molecule has 5 heteroatoms. The molecule has 2 aliphatic carbocycles. The predicted molar refractivity (Wildman–Crippen MR) is 89.1 cm³/mol. The van der Waals surface area contributed by atoms with Gasteiger partial charge in [0.1, 0.15) is 5.82 Å². The van der Waals surface area contributed by atoms with Gasteiger partial charge in [0.25, 0.3) is 0 Å². The van der Waals surface area contributed by atoms with Gasteiger partial charge in [-0.3, -0.25) is 0 Å². The van der Waals surface area contributed by atoms with Crippen molar-refractivity contribution in [2.24, 2.45) is 11.8 Å². The standard InChI is InChI=1S/C18H28N4O/c23-18(21-16-5-1-3-14(11-16)13-6-7-13)22-10-2-4-15(12-22)17-19-8-9-20-17/h8-9,13-16H,1-7,10-12H2,(H,19,20)(H,21,23)/t14-,15-,16+/m0/s1. The Morgan fingerprint density at radius 3 is 2.87 bits per heavy atom. The van der Waals surface area contributed by atoms with Crippen molar-refractivity contribution in [3.63, 3.8) is 0 Å². The van der Waals surface area contributed by atoms with Crippen molar-refractivity contribution in [3.05, 3.63) is 18.2 Å². The summed E-state index contributed by atoms with van der Waals surface area (Å²) >= 11 is 0. The van der Waals surface area contributed by atoms with Crippen molar-refractivity contribution in [1.29, 1.82) is 0 Å². The number of hydrogen-bond acceptors (Lipinski definition) is 2. The van der Waals surface area contributed by atoms with Gasteiger partial charge in [-0.25, -0.2) is 9.78 Å². The molecule has 3 aliphatic rings. The van der Waals surface area contributed by atoms with Crippen molar-refractivity contribution in [1.82, 2.24) is 20.2 Å². The van der Waals surface area contributed by atoms with Crippen molar-refractivity contribution in [2.45, 2.75) is 63.3 Å².